The van der Waals surface area contributed by atoms with Crippen molar-refractivity contribution in [2.24, 2.45) is 0 Å². The van der Waals surface area contributed by atoms with Crippen molar-refractivity contribution in [3.05, 3.63) is 71.3 Å². The van der Waals surface area contributed by atoms with Gasteiger partial charge in [-0.25, -0.2) is 0 Å². The Morgan fingerprint density at radius 2 is 1.61 bits per heavy atom. The number of benzene rings is 2. The lowest BCUT2D eigenvalue weighted by atomic mass is 10.0. The zero-order valence-corrected chi connectivity index (χ0v) is 11.2. The van der Waals surface area contributed by atoms with Crippen molar-refractivity contribution < 1.29 is 4.79 Å². The van der Waals surface area contributed by atoms with Gasteiger partial charge >= 0.3 is 0 Å². The Morgan fingerprint density at radius 1 is 1.00 bits per heavy atom. The second-order valence-electron chi connectivity index (χ2n) is 3.97. The summed E-state index contributed by atoms with van der Waals surface area (Å²) in [5.74, 6) is 0.371. The van der Waals surface area contributed by atoms with E-state index in [-0.39, 0.29) is 5.78 Å². The number of hydrogen-bond donors (Lipinski definition) is 0. The summed E-state index contributed by atoms with van der Waals surface area (Å²) in [6, 6.07) is 16.5. The van der Waals surface area contributed by atoms with Gasteiger partial charge in [0.2, 0.25) is 0 Å². The van der Waals surface area contributed by atoms with Crippen LogP contribution in [0.3, 0.4) is 0 Å². The van der Waals surface area contributed by atoms with Gasteiger partial charge in [0.1, 0.15) is 5.38 Å². The molecular weight excluding hydrogens is 267 g/mol. The van der Waals surface area contributed by atoms with E-state index >= 15 is 0 Å². The van der Waals surface area contributed by atoms with E-state index in [0.29, 0.717) is 11.4 Å². The second kappa shape index (κ2) is 6.03. The highest BCUT2D eigenvalue weighted by molar-refractivity contribution is 6.33. The van der Waals surface area contributed by atoms with Gasteiger partial charge in [0.25, 0.3) is 0 Å². The molecule has 0 bridgehead atoms. The highest BCUT2D eigenvalue weighted by atomic mass is 35.5. The molecule has 0 fully saturated rings. The number of halogens is 2. The topological polar surface area (TPSA) is 17.1 Å². The van der Waals surface area contributed by atoms with Crippen molar-refractivity contribution in [1.29, 1.82) is 0 Å². The summed E-state index contributed by atoms with van der Waals surface area (Å²) in [5, 5.41) is -0.656. The maximum Gasteiger partial charge on any atom is 0.185 e. The van der Waals surface area contributed by atoms with Gasteiger partial charge in [-0.05, 0) is 11.1 Å². The van der Waals surface area contributed by atoms with Crippen LogP contribution in [-0.4, -0.2) is 5.78 Å². The summed E-state index contributed by atoms with van der Waals surface area (Å²) in [4.78, 5) is 12.1. The second-order valence-corrected chi connectivity index (χ2v) is 4.67. The highest BCUT2D eigenvalue weighted by Gasteiger charge is 2.18. The molecule has 0 aliphatic rings. The quantitative estimate of drug-likeness (QED) is 0.591. The maximum atomic E-state index is 12.1. The van der Waals surface area contributed by atoms with Crippen LogP contribution in [0.25, 0.3) is 0 Å². The smallest absolute Gasteiger partial charge is 0.185 e. The fourth-order valence-corrected chi connectivity index (χ4v) is 2.13. The van der Waals surface area contributed by atoms with Gasteiger partial charge in [-0.1, -0.05) is 54.6 Å². The molecule has 2 aromatic carbocycles. The van der Waals surface area contributed by atoms with E-state index in [0.717, 1.165) is 11.1 Å². The van der Waals surface area contributed by atoms with E-state index < -0.39 is 5.38 Å². The SMILES string of the molecule is O=C(c1ccccc1)C(Cl)c1ccc(CCl)cc1. The summed E-state index contributed by atoms with van der Waals surface area (Å²) in [7, 11) is 0. The normalized spacial score (nSPS) is 12.1. The van der Waals surface area contributed by atoms with Crippen LogP contribution in [0, 0.1) is 0 Å². The molecule has 0 spiro atoms. The first-order chi connectivity index (χ1) is 8.72. The standard InChI is InChI=1S/C15H12Cl2O/c16-10-11-6-8-12(9-7-11)14(17)15(18)13-4-2-1-3-5-13/h1-9,14H,10H2. The molecule has 1 atom stereocenters. The van der Waals surface area contributed by atoms with Crippen LogP contribution in [0.5, 0.6) is 0 Å². The van der Waals surface area contributed by atoms with Gasteiger partial charge in [-0.2, -0.15) is 0 Å². The summed E-state index contributed by atoms with van der Waals surface area (Å²) in [6.45, 7) is 0. The van der Waals surface area contributed by atoms with Crippen LogP contribution in [-0.2, 0) is 5.88 Å². The number of Topliss-reactive ketones (excluding diaryl/α,β-unsaturated/α-hetero) is 1. The largest absolute Gasteiger partial charge is 0.292 e. The number of hydrogen-bond acceptors (Lipinski definition) is 1. The minimum atomic E-state index is -0.656. The van der Waals surface area contributed by atoms with Gasteiger partial charge in [-0.15, -0.1) is 23.2 Å². The van der Waals surface area contributed by atoms with Gasteiger partial charge < -0.3 is 0 Å². The molecule has 2 rings (SSSR count). The van der Waals surface area contributed by atoms with Crippen molar-refractivity contribution in [3.8, 4) is 0 Å². The molecule has 0 aliphatic carbocycles. The van der Waals surface area contributed by atoms with Crippen molar-refractivity contribution in [3.63, 3.8) is 0 Å². The van der Waals surface area contributed by atoms with Crippen molar-refractivity contribution in [2.45, 2.75) is 11.3 Å². The molecule has 2 aromatic rings. The Kier molecular flexibility index (Phi) is 4.40. The number of carbonyl (C=O) groups excluding carboxylic acids is 1. The Morgan fingerprint density at radius 3 is 2.17 bits per heavy atom. The average molecular weight is 279 g/mol. The summed E-state index contributed by atoms with van der Waals surface area (Å²) in [5.41, 5.74) is 2.43. The van der Waals surface area contributed by atoms with Crippen LogP contribution in [0.4, 0.5) is 0 Å². The lowest BCUT2D eigenvalue weighted by Crippen LogP contribution is -2.07. The Labute approximate surface area is 116 Å². The number of rotatable bonds is 4. The molecule has 0 N–H and O–H groups in total. The van der Waals surface area contributed by atoms with E-state index in [9.17, 15) is 4.79 Å². The number of ketones is 1. The Bertz CT molecular complexity index is 520. The van der Waals surface area contributed by atoms with Crippen molar-refractivity contribution >= 4 is 29.0 Å². The van der Waals surface area contributed by atoms with Crippen LogP contribution in [0.15, 0.2) is 54.6 Å². The van der Waals surface area contributed by atoms with E-state index in [4.69, 9.17) is 23.2 Å². The van der Waals surface area contributed by atoms with Crippen LogP contribution in [0.2, 0.25) is 0 Å². The molecular formula is C15H12Cl2O. The molecule has 92 valence electrons. The first-order valence-electron chi connectivity index (χ1n) is 5.60. The monoisotopic (exact) mass is 278 g/mol. The molecule has 3 heteroatoms. The fraction of sp³-hybridized carbons (Fsp3) is 0.133. The van der Waals surface area contributed by atoms with E-state index in [1.54, 1.807) is 12.1 Å². The average Bonchev–Trinajstić information content (AvgIpc) is 2.47. The predicted octanol–water partition coefficient (Wildman–Crippen LogP) is 4.59. The highest BCUT2D eigenvalue weighted by Crippen LogP contribution is 2.25. The lowest BCUT2D eigenvalue weighted by molar-refractivity contribution is 0.0987. The van der Waals surface area contributed by atoms with E-state index in [1.807, 2.05) is 42.5 Å². The third kappa shape index (κ3) is 2.92. The Hall–Kier alpha value is -1.31. The Balaban J connectivity index is 2.20. The summed E-state index contributed by atoms with van der Waals surface area (Å²) < 4.78 is 0. The van der Waals surface area contributed by atoms with Crippen LogP contribution in [0.1, 0.15) is 26.9 Å². The van der Waals surface area contributed by atoms with E-state index in [2.05, 4.69) is 0 Å². The summed E-state index contributed by atoms with van der Waals surface area (Å²) >= 11 is 11.9. The molecule has 1 nitrogen and oxygen atoms in total. The fourth-order valence-electron chi connectivity index (χ4n) is 1.68. The molecule has 18 heavy (non-hydrogen) atoms. The molecule has 0 aliphatic heterocycles. The first-order valence-corrected chi connectivity index (χ1v) is 6.57. The third-order valence-electron chi connectivity index (χ3n) is 2.72. The zero-order valence-electron chi connectivity index (χ0n) is 9.64. The van der Waals surface area contributed by atoms with Gasteiger partial charge in [0, 0.05) is 11.4 Å². The molecule has 0 heterocycles. The molecule has 1 unspecified atom stereocenters. The molecule has 0 saturated carbocycles. The zero-order chi connectivity index (χ0) is 13.0. The number of alkyl halides is 2. The third-order valence-corrected chi connectivity index (χ3v) is 3.47. The van der Waals surface area contributed by atoms with Crippen LogP contribution >= 0.6 is 23.2 Å². The number of carbonyl (C=O) groups is 1. The molecule has 0 saturated heterocycles. The minimum absolute atomic E-state index is 0.0871. The lowest BCUT2D eigenvalue weighted by Gasteiger charge is -2.09. The molecule has 0 radical (unpaired) electrons. The van der Waals surface area contributed by atoms with Crippen LogP contribution < -0.4 is 0 Å². The summed E-state index contributed by atoms with van der Waals surface area (Å²) in [6.07, 6.45) is 0. The van der Waals surface area contributed by atoms with E-state index in [1.165, 1.54) is 0 Å². The predicted molar refractivity (Wildman–Crippen MR) is 75.4 cm³/mol. The van der Waals surface area contributed by atoms with Gasteiger partial charge in [0.15, 0.2) is 5.78 Å². The minimum Gasteiger partial charge on any atom is -0.292 e. The van der Waals surface area contributed by atoms with Crippen molar-refractivity contribution in [1.82, 2.24) is 0 Å². The molecule has 0 amide bonds. The first kappa shape index (κ1) is 13.1. The molecule has 0 aromatic heterocycles. The van der Waals surface area contributed by atoms with Gasteiger partial charge in [-0.3, -0.25) is 4.79 Å². The maximum absolute atomic E-state index is 12.1. The van der Waals surface area contributed by atoms with Gasteiger partial charge in [0.05, 0.1) is 0 Å². The van der Waals surface area contributed by atoms with Crippen molar-refractivity contribution in [2.75, 3.05) is 0 Å².